The molecular weight excluding hydrogens is 417 g/mol. The van der Waals surface area contributed by atoms with Gasteiger partial charge in [0.1, 0.15) is 5.82 Å². The number of hydrogen-bond acceptors (Lipinski definition) is 3. The van der Waals surface area contributed by atoms with Crippen molar-refractivity contribution in [2.45, 2.75) is 31.8 Å². The number of carbonyl (C=O) groups is 1. The van der Waals surface area contributed by atoms with Gasteiger partial charge in [0.15, 0.2) is 0 Å². The predicted octanol–water partition coefficient (Wildman–Crippen LogP) is 4.20. The number of nitrogens with one attached hydrogen (secondary N) is 1. The Bertz CT molecular complexity index is 1280. The third-order valence-corrected chi connectivity index (χ3v) is 8.09. The van der Waals surface area contributed by atoms with Crippen LogP contribution in [0.2, 0.25) is 5.02 Å². The van der Waals surface area contributed by atoms with E-state index in [9.17, 15) is 14.0 Å². The number of fused-ring (bicyclic) bond motifs is 2. The van der Waals surface area contributed by atoms with Gasteiger partial charge in [-0.05, 0) is 73.1 Å². The third kappa shape index (κ3) is 2.51. The minimum Gasteiger partial charge on any atom is -0.349 e. The predicted molar refractivity (Wildman–Crippen MR) is 116 cm³/mol. The first-order chi connectivity index (χ1) is 15.0. The largest absolute Gasteiger partial charge is 0.349 e. The van der Waals surface area contributed by atoms with Gasteiger partial charge in [0.25, 0.3) is 11.5 Å². The lowest BCUT2D eigenvalue weighted by Gasteiger charge is -2.23. The molecule has 4 aliphatic rings. The number of amides is 1. The second-order valence-electron chi connectivity index (χ2n) is 9.02. The van der Waals surface area contributed by atoms with E-state index in [1.165, 1.54) is 18.2 Å². The number of benzene rings is 2. The van der Waals surface area contributed by atoms with Gasteiger partial charge in [0.05, 0.1) is 17.2 Å². The molecule has 6 atom stereocenters. The molecule has 7 heteroatoms. The highest BCUT2D eigenvalue weighted by Crippen LogP contribution is 2.94. The summed E-state index contributed by atoms with van der Waals surface area (Å²) in [6.45, 7) is 2.09. The van der Waals surface area contributed by atoms with Crippen molar-refractivity contribution in [1.82, 2.24) is 14.9 Å². The summed E-state index contributed by atoms with van der Waals surface area (Å²) >= 11 is 5.93. The normalized spacial score (nSPS) is 30.7. The smallest absolute Gasteiger partial charge is 0.261 e. The molecule has 5 nitrogen and oxygen atoms in total. The average Bonchev–Trinajstić information content (AvgIpc) is 3.50. The molecule has 31 heavy (non-hydrogen) atoms. The van der Waals surface area contributed by atoms with Crippen LogP contribution < -0.4 is 10.9 Å². The van der Waals surface area contributed by atoms with E-state index < -0.39 is 5.82 Å². The molecule has 2 aromatic carbocycles. The molecule has 4 saturated carbocycles. The van der Waals surface area contributed by atoms with Crippen LogP contribution >= 0.6 is 11.6 Å². The maximum Gasteiger partial charge on any atom is 0.261 e. The molecule has 4 aliphatic carbocycles. The zero-order chi connectivity index (χ0) is 21.5. The van der Waals surface area contributed by atoms with Crippen LogP contribution in [0.1, 0.15) is 36.2 Å². The maximum absolute atomic E-state index is 13.7. The van der Waals surface area contributed by atoms with Crippen molar-refractivity contribution in [1.29, 1.82) is 0 Å². The molecule has 1 N–H and O–H groups in total. The molecule has 4 fully saturated rings. The van der Waals surface area contributed by atoms with E-state index in [4.69, 9.17) is 11.6 Å². The number of rotatable bonds is 5. The van der Waals surface area contributed by atoms with Gasteiger partial charge in [-0.1, -0.05) is 18.5 Å². The van der Waals surface area contributed by atoms with Crippen LogP contribution in [0.4, 0.5) is 4.39 Å². The SMILES string of the molecule is CCC(NC(=O)c1ccc(Cl)cc1)[C@]12C3[C@@H]1[C@@H]2C[C@@H]3n1cnc2ccc(F)cc2c1=O. The molecule has 1 aromatic heterocycles. The lowest BCUT2D eigenvalue weighted by Crippen LogP contribution is -2.40. The lowest BCUT2D eigenvalue weighted by molar-refractivity contribution is 0.0918. The highest BCUT2D eigenvalue weighted by atomic mass is 35.5. The van der Waals surface area contributed by atoms with E-state index >= 15 is 0 Å². The molecule has 158 valence electrons. The topological polar surface area (TPSA) is 64.0 Å². The number of halogens is 2. The van der Waals surface area contributed by atoms with Crippen molar-refractivity contribution in [3.8, 4) is 0 Å². The molecule has 7 rings (SSSR count). The van der Waals surface area contributed by atoms with Crippen LogP contribution in [0, 0.1) is 29.0 Å². The van der Waals surface area contributed by atoms with Crippen LogP contribution in [0.5, 0.6) is 0 Å². The fraction of sp³-hybridized carbons (Fsp3) is 0.375. The number of aromatic nitrogens is 2. The second kappa shape index (κ2) is 6.39. The monoisotopic (exact) mass is 437 g/mol. The average molecular weight is 438 g/mol. The Kier molecular flexibility index (Phi) is 3.91. The minimum atomic E-state index is -0.432. The Labute approximate surface area is 183 Å². The van der Waals surface area contributed by atoms with Gasteiger partial charge < -0.3 is 5.32 Å². The van der Waals surface area contributed by atoms with E-state index in [-0.39, 0.29) is 29.0 Å². The van der Waals surface area contributed by atoms with Crippen molar-refractivity contribution in [2.24, 2.45) is 23.2 Å². The molecule has 0 spiro atoms. The summed E-state index contributed by atoms with van der Waals surface area (Å²) < 4.78 is 15.4. The first-order valence-electron chi connectivity index (χ1n) is 10.7. The van der Waals surface area contributed by atoms with E-state index in [2.05, 4.69) is 17.2 Å². The summed E-state index contributed by atoms with van der Waals surface area (Å²) in [6.07, 6.45) is 3.35. The first kappa shape index (κ1) is 19.0. The zero-order valence-corrected chi connectivity index (χ0v) is 17.6. The Morgan fingerprint density at radius 2 is 2.06 bits per heavy atom. The second-order valence-corrected chi connectivity index (χ2v) is 9.46. The fourth-order valence-electron chi connectivity index (χ4n) is 6.51. The van der Waals surface area contributed by atoms with Crippen molar-refractivity contribution >= 4 is 28.4 Å². The Morgan fingerprint density at radius 1 is 1.29 bits per heavy atom. The molecular formula is C24H21ClFN3O2. The van der Waals surface area contributed by atoms with Gasteiger partial charge in [0.2, 0.25) is 0 Å². The summed E-state index contributed by atoms with van der Waals surface area (Å²) in [5.41, 5.74) is 1.00. The van der Waals surface area contributed by atoms with Gasteiger partial charge in [0, 0.05) is 28.1 Å². The highest BCUT2D eigenvalue weighted by molar-refractivity contribution is 6.30. The number of carbonyl (C=O) groups excluding carboxylic acids is 1. The minimum absolute atomic E-state index is 0.0594. The van der Waals surface area contributed by atoms with Crippen molar-refractivity contribution in [2.75, 3.05) is 0 Å². The third-order valence-electron chi connectivity index (χ3n) is 7.83. The number of hydrogen-bond donors (Lipinski definition) is 1. The molecule has 0 radical (unpaired) electrons. The van der Waals surface area contributed by atoms with Crippen molar-refractivity contribution in [3.63, 3.8) is 0 Å². The summed E-state index contributed by atoms with van der Waals surface area (Å²) in [5.74, 6) is 0.902. The van der Waals surface area contributed by atoms with E-state index in [1.54, 1.807) is 35.2 Å². The van der Waals surface area contributed by atoms with Crippen LogP contribution in [0.25, 0.3) is 10.9 Å². The van der Waals surface area contributed by atoms with Crippen LogP contribution in [0.15, 0.2) is 53.6 Å². The lowest BCUT2D eigenvalue weighted by atomic mass is 9.94. The summed E-state index contributed by atoms with van der Waals surface area (Å²) in [4.78, 5) is 30.2. The van der Waals surface area contributed by atoms with E-state index in [0.29, 0.717) is 39.2 Å². The molecule has 3 aromatic rings. The quantitative estimate of drug-likeness (QED) is 0.650. The van der Waals surface area contributed by atoms with Gasteiger partial charge in [-0.2, -0.15) is 0 Å². The van der Waals surface area contributed by atoms with Gasteiger partial charge in [-0.25, -0.2) is 9.37 Å². The molecule has 0 saturated heterocycles. The van der Waals surface area contributed by atoms with Crippen LogP contribution in [-0.4, -0.2) is 21.5 Å². The molecule has 0 aliphatic heterocycles. The number of nitrogens with zero attached hydrogens (tertiary/aromatic N) is 2. The van der Waals surface area contributed by atoms with E-state index in [0.717, 1.165) is 12.8 Å². The fourth-order valence-corrected chi connectivity index (χ4v) is 6.63. The van der Waals surface area contributed by atoms with Crippen molar-refractivity contribution < 1.29 is 9.18 Å². The van der Waals surface area contributed by atoms with Gasteiger partial charge in [-0.15, -0.1) is 0 Å². The molecule has 1 heterocycles. The standard InChI is InChI=1S/C24H21ClFN3O2/c1-2-19(28-22(30)12-3-5-13(25)6-4-12)24-16-10-18(21(24)20(16)24)29-11-27-17-8-7-14(26)9-15(17)23(29)31/h3-9,11,16,18-21H,2,10H2,1H3,(H,28,30)/t16-,18-,19?,20-,21?,24-/m0/s1. The molecule has 2 bridgehead atoms. The van der Waals surface area contributed by atoms with E-state index in [1.807, 2.05) is 0 Å². The maximum atomic E-state index is 13.7. The molecule has 1 amide bonds. The van der Waals surface area contributed by atoms with Gasteiger partial charge in [-0.3, -0.25) is 14.2 Å². The van der Waals surface area contributed by atoms with Crippen LogP contribution in [-0.2, 0) is 0 Å². The Hall–Kier alpha value is -2.73. The first-order valence-corrected chi connectivity index (χ1v) is 11.1. The zero-order valence-electron chi connectivity index (χ0n) is 16.9. The van der Waals surface area contributed by atoms with Crippen molar-refractivity contribution in [3.05, 3.63) is 75.5 Å². The Balaban J connectivity index is 1.26. The highest BCUT2D eigenvalue weighted by Gasteiger charge is 2.93. The van der Waals surface area contributed by atoms with Gasteiger partial charge >= 0.3 is 0 Å². The summed E-state index contributed by atoms with van der Waals surface area (Å²) in [6, 6.07) is 11.2. The summed E-state index contributed by atoms with van der Waals surface area (Å²) in [7, 11) is 0. The summed E-state index contributed by atoms with van der Waals surface area (Å²) in [5, 5.41) is 4.15. The molecule has 2 unspecified atom stereocenters. The van der Waals surface area contributed by atoms with Crippen LogP contribution in [0.3, 0.4) is 0 Å². The Morgan fingerprint density at radius 3 is 2.77 bits per heavy atom.